The van der Waals surface area contributed by atoms with Crippen molar-refractivity contribution in [1.82, 2.24) is 9.21 Å². The van der Waals surface area contributed by atoms with Gasteiger partial charge in [0, 0.05) is 44.1 Å². The maximum atomic E-state index is 12.6. The minimum absolute atomic E-state index is 0.0257. The van der Waals surface area contributed by atoms with Gasteiger partial charge in [-0.05, 0) is 30.2 Å². The molecule has 1 amide bonds. The van der Waals surface area contributed by atoms with Crippen molar-refractivity contribution >= 4 is 22.0 Å². The lowest BCUT2D eigenvalue weighted by atomic mass is 10.2. The van der Waals surface area contributed by atoms with Crippen LogP contribution in [0, 0.1) is 11.3 Å². The molecule has 1 aliphatic heterocycles. The minimum Gasteiger partial charge on any atom is -0.493 e. The smallest absolute Gasteiger partial charge is 0.236 e. The Kier molecular flexibility index (Phi) is 8.46. The Labute approximate surface area is 194 Å². The van der Waals surface area contributed by atoms with Gasteiger partial charge in [-0.25, -0.2) is 8.42 Å². The number of piperazine rings is 1. The number of hydrogen-bond acceptors (Lipinski definition) is 6. The highest BCUT2D eigenvalue weighted by atomic mass is 32.2. The molecular formula is C24H27N3O5S. The Balaban J connectivity index is 1.42. The van der Waals surface area contributed by atoms with Crippen LogP contribution in [0.4, 0.5) is 0 Å². The fraction of sp³-hybridized carbons (Fsp3) is 0.333. The average molecular weight is 470 g/mol. The van der Waals surface area contributed by atoms with Gasteiger partial charge in [0.2, 0.25) is 15.9 Å². The summed E-state index contributed by atoms with van der Waals surface area (Å²) in [5, 5.41) is 10.2. The van der Waals surface area contributed by atoms with Gasteiger partial charge in [0.1, 0.15) is 0 Å². The van der Waals surface area contributed by atoms with Crippen LogP contribution in [0.1, 0.15) is 24.0 Å². The van der Waals surface area contributed by atoms with Crippen LogP contribution in [-0.2, 0) is 14.8 Å². The summed E-state index contributed by atoms with van der Waals surface area (Å²) in [4.78, 5) is 14.2. The number of nitrogens with zero attached hydrogens (tertiary/aromatic N) is 3. The average Bonchev–Trinajstić information content (AvgIpc) is 2.86. The van der Waals surface area contributed by atoms with E-state index < -0.39 is 10.0 Å². The number of methoxy groups -OCH3 is 1. The minimum atomic E-state index is -3.53. The van der Waals surface area contributed by atoms with Gasteiger partial charge in [0.05, 0.1) is 25.3 Å². The SMILES string of the molecule is COc1cc(C#N)ccc1OCCCC(=O)N1CCN(S(=O)(=O)/C=C/c2ccccc2)CC1. The monoisotopic (exact) mass is 469 g/mol. The molecule has 0 aliphatic carbocycles. The van der Waals surface area contributed by atoms with Gasteiger partial charge < -0.3 is 14.4 Å². The van der Waals surface area contributed by atoms with Crippen molar-refractivity contribution in [2.45, 2.75) is 12.8 Å². The van der Waals surface area contributed by atoms with Crippen molar-refractivity contribution in [1.29, 1.82) is 5.26 Å². The van der Waals surface area contributed by atoms with Gasteiger partial charge in [-0.3, -0.25) is 4.79 Å². The van der Waals surface area contributed by atoms with Gasteiger partial charge in [0.15, 0.2) is 11.5 Å². The van der Waals surface area contributed by atoms with Gasteiger partial charge in [-0.1, -0.05) is 30.3 Å². The largest absolute Gasteiger partial charge is 0.493 e. The molecule has 8 nitrogen and oxygen atoms in total. The van der Waals surface area contributed by atoms with Crippen LogP contribution in [0.5, 0.6) is 11.5 Å². The van der Waals surface area contributed by atoms with Crippen molar-refractivity contribution in [3.05, 3.63) is 65.1 Å². The summed E-state index contributed by atoms with van der Waals surface area (Å²) in [6, 6.07) is 16.2. The van der Waals surface area contributed by atoms with Gasteiger partial charge in [-0.2, -0.15) is 9.57 Å². The van der Waals surface area contributed by atoms with E-state index in [1.54, 1.807) is 29.2 Å². The van der Waals surface area contributed by atoms with Crippen LogP contribution in [-0.4, -0.2) is 63.4 Å². The Hall–Kier alpha value is -3.35. The standard InChI is InChI=1S/C24H27N3O5S/c1-31-23-18-21(19-25)9-10-22(23)32-16-5-8-24(28)26-12-14-27(15-13-26)33(29,30)17-11-20-6-3-2-4-7-20/h2-4,6-7,9-11,17-18H,5,8,12-16H2,1H3/b17-11+. The molecule has 2 aromatic rings. The third-order valence-electron chi connectivity index (χ3n) is 5.27. The fourth-order valence-corrected chi connectivity index (χ4v) is 4.60. The van der Waals surface area contributed by atoms with Gasteiger partial charge in [-0.15, -0.1) is 0 Å². The van der Waals surface area contributed by atoms with Crippen molar-refractivity contribution < 1.29 is 22.7 Å². The van der Waals surface area contributed by atoms with E-state index in [4.69, 9.17) is 14.7 Å². The lowest BCUT2D eigenvalue weighted by Gasteiger charge is -2.33. The number of hydrogen-bond donors (Lipinski definition) is 0. The summed E-state index contributed by atoms with van der Waals surface area (Å²) in [5.41, 5.74) is 1.29. The predicted octanol–water partition coefficient (Wildman–Crippen LogP) is 2.87. The highest BCUT2D eigenvalue weighted by Gasteiger charge is 2.27. The summed E-state index contributed by atoms with van der Waals surface area (Å²) >= 11 is 0. The first-order chi connectivity index (χ1) is 15.9. The van der Waals surface area contributed by atoms with Crippen molar-refractivity contribution in [2.24, 2.45) is 0 Å². The molecule has 1 fully saturated rings. The number of sulfonamides is 1. The molecule has 174 valence electrons. The second-order valence-electron chi connectivity index (χ2n) is 7.47. The Bertz CT molecular complexity index is 1120. The number of nitriles is 1. The Morgan fingerprint density at radius 2 is 1.82 bits per heavy atom. The molecule has 0 aromatic heterocycles. The molecule has 0 bridgehead atoms. The maximum absolute atomic E-state index is 12.6. The molecule has 9 heteroatoms. The van der Waals surface area contributed by atoms with E-state index in [1.807, 2.05) is 36.4 Å². The van der Waals surface area contributed by atoms with Crippen LogP contribution in [0.3, 0.4) is 0 Å². The summed E-state index contributed by atoms with van der Waals surface area (Å²) in [5.74, 6) is 0.965. The highest BCUT2D eigenvalue weighted by Crippen LogP contribution is 2.28. The number of benzene rings is 2. The third kappa shape index (κ3) is 6.81. The molecule has 0 N–H and O–H groups in total. The molecule has 1 saturated heterocycles. The Morgan fingerprint density at radius 3 is 2.48 bits per heavy atom. The van der Waals surface area contributed by atoms with Crippen LogP contribution in [0.25, 0.3) is 6.08 Å². The molecular weight excluding hydrogens is 442 g/mol. The summed E-state index contributed by atoms with van der Waals surface area (Å²) < 4.78 is 37.5. The third-order valence-corrected chi connectivity index (χ3v) is 6.83. The molecule has 33 heavy (non-hydrogen) atoms. The zero-order valence-electron chi connectivity index (χ0n) is 18.5. The summed E-state index contributed by atoms with van der Waals surface area (Å²) in [7, 11) is -2.03. The van der Waals surface area contributed by atoms with E-state index in [9.17, 15) is 13.2 Å². The second kappa shape index (κ2) is 11.5. The van der Waals surface area contributed by atoms with E-state index in [2.05, 4.69) is 0 Å². The van der Waals surface area contributed by atoms with Crippen LogP contribution < -0.4 is 9.47 Å². The zero-order valence-corrected chi connectivity index (χ0v) is 19.3. The second-order valence-corrected chi connectivity index (χ2v) is 9.29. The molecule has 0 atom stereocenters. The first kappa shape index (κ1) is 24.3. The number of rotatable bonds is 9. The lowest BCUT2D eigenvalue weighted by molar-refractivity contribution is -0.132. The lowest BCUT2D eigenvalue weighted by Crippen LogP contribution is -2.50. The highest BCUT2D eigenvalue weighted by molar-refractivity contribution is 7.92. The molecule has 1 heterocycles. The van der Waals surface area contributed by atoms with Gasteiger partial charge in [0.25, 0.3) is 0 Å². The molecule has 2 aromatic carbocycles. The fourth-order valence-electron chi connectivity index (χ4n) is 3.43. The van der Waals surface area contributed by atoms with Crippen LogP contribution in [0.15, 0.2) is 53.9 Å². The van der Waals surface area contributed by atoms with Crippen molar-refractivity contribution in [3.8, 4) is 17.6 Å². The normalized spacial score (nSPS) is 14.7. The van der Waals surface area contributed by atoms with E-state index in [0.29, 0.717) is 49.6 Å². The van der Waals surface area contributed by atoms with Crippen molar-refractivity contribution in [3.63, 3.8) is 0 Å². The number of ether oxygens (including phenoxy) is 2. The molecule has 0 spiro atoms. The Morgan fingerprint density at radius 1 is 1.09 bits per heavy atom. The van der Waals surface area contributed by atoms with Crippen LogP contribution >= 0.6 is 0 Å². The molecule has 0 saturated carbocycles. The number of carbonyl (C=O) groups is 1. The predicted molar refractivity (Wildman–Crippen MR) is 125 cm³/mol. The number of amides is 1. The summed E-state index contributed by atoms with van der Waals surface area (Å²) in [6.45, 7) is 1.59. The van der Waals surface area contributed by atoms with E-state index >= 15 is 0 Å². The maximum Gasteiger partial charge on any atom is 0.236 e. The van der Waals surface area contributed by atoms with Crippen molar-refractivity contribution in [2.75, 3.05) is 39.9 Å². The first-order valence-corrected chi connectivity index (χ1v) is 12.2. The van der Waals surface area contributed by atoms with Crippen LogP contribution in [0.2, 0.25) is 0 Å². The molecule has 0 unspecified atom stereocenters. The quantitative estimate of drug-likeness (QED) is 0.524. The topological polar surface area (TPSA) is 99.9 Å². The first-order valence-electron chi connectivity index (χ1n) is 10.6. The van der Waals surface area contributed by atoms with E-state index in [0.717, 1.165) is 5.56 Å². The molecule has 1 aliphatic rings. The van der Waals surface area contributed by atoms with Gasteiger partial charge >= 0.3 is 0 Å². The molecule has 0 radical (unpaired) electrons. The molecule has 3 rings (SSSR count). The van der Waals surface area contributed by atoms with E-state index in [-0.39, 0.29) is 19.0 Å². The zero-order chi connectivity index (χ0) is 23.7. The number of carbonyl (C=O) groups excluding carboxylic acids is 1. The summed E-state index contributed by atoms with van der Waals surface area (Å²) in [6.07, 6.45) is 2.40. The van der Waals surface area contributed by atoms with E-state index in [1.165, 1.54) is 16.8 Å².